The molecule has 1 aromatic heterocycles. The van der Waals surface area contributed by atoms with Gasteiger partial charge < -0.3 is 14.1 Å². The molecule has 30 heavy (non-hydrogen) atoms. The maximum absolute atomic E-state index is 2.59. The summed E-state index contributed by atoms with van der Waals surface area (Å²) >= 11 is 0. The van der Waals surface area contributed by atoms with E-state index < -0.39 is 0 Å². The minimum atomic E-state index is 0.100. The van der Waals surface area contributed by atoms with Gasteiger partial charge in [0.25, 0.3) is 0 Å². The molecule has 0 aliphatic carbocycles. The normalized spacial score (nSPS) is 15.1. The van der Waals surface area contributed by atoms with E-state index in [1.165, 1.54) is 66.1 Å². The van der Waals surface area contributed by atoms with Gasteiger partial charge in [-0.05, 0) is 35.0 Å². The van der Waals surface area contributed by atoms with Crippen LogP contribution in [0, 0.1) is 0 Å². The number of hydrogen-bond acceptors (Lipinski definition) is 2. The molecule has 6 aromatic rings. The average Bonchev–Trinajstić information content (AvgIpc) is 3.32. The third-order valence-corrected chi connectivity index (χ3v) is 7.37. The number of aromatic nitrogens is 1. The lowest BCUT2D eigenvalue weighted by Crippen LogP contribution is -2.54. The van der Waals surface area contributed by atoms with Gasteiger partial charge in [-0.3, -0.25) is 0 Å². The van der Waals surface area contributed by atoms with Crippen molar-refractivity contribution in [3.8, 4) is 0 Å². The van der Waals surface area contributed by atoms with Crippen molar-refractivity contribution in [2.75, 3.05) is 9.62 Å². The minimum Gasteiger partial charge on any atom is -0.344 e. The van der Waals surface area contributed by atoms with E-state index in [9.17, 15) is 0 Å². The van der Waals surface area contributed by atoms with E-state index in [4.69, 9.17) is 0 Å². The van der Waals surface area contributed by atoms with Crippen molar-refractivity contribution in [1.29, 1.82) is 0 Å². The van der Waals surface area contributed by atoms with Crippen molar-refractivity contribution in [3.05, 3.63) is 84.9 Å². The van der Waals surface area contributed by atoms with E-state index in [2.05, 4.69) is 99.0 Å². The highest BCUT2D eigenvalue weighted by Crippen LogP contribution is 2.56. The molecule has 4 heterocycles. The first-order valence-electron chi connectivity index (χ1n) is 10.5. The van der Waals surface area contributed by atoms with Crippen LogP contribution >= 0.6 is 0 Å². The van der Waals surface area contributed by atoms with Gasteiger partial charge in [0.15, 0.2) is 0 Å². The van der Waals surface area contributed by atoms with Crippen LogP contribution in [-0.4, -0.2) is 11.6 Å². The van der Waals surface area contributed by atoms with Gasteiger partial charge in [-0.15, -0.1) is 0 Å². The van der Waals surface area contributed by atoms with E-state index in [0.717, 1.165) is 0 Å². The Morgan fingerprint density at radius 1 is 0.467 bits per heavy atom. The smallest absolute Gasteiger partial charge is 0.344 e. The van der Waals surface area contributed by atoms with Gasteiger partial charge in [0.1, 0.15) is 0 Å². The molecule has 3 nitrogen and oxygen atoms in total. The van der Waals surface area contributed by atoms with Gasteiger partial charge >= 0.3 is 7.12 Å². The first-order valence-corrected chi connectivity index (χ1v) is 10.5. The third-order valence-electron chi connectivity index (χ3n) is 7.37. The quantitative estimate of drug-likeness (QED) is 0.277. The van der Waals surface area contributed by atoms with Crippen molar-refractivity contribution >= 4 is 73.2 Å². The van der Waals surface area contributed by atoms with Crippen LogP contribution in [0.5, 0.6) is 0 Å². The Kier molecular flexibility index (Phi) is 2.03. The topological polar surface area (TPSA) is 11.4 Å². The van der Waals surface area contributed by atoms with Crippen LogP contribution in [0.3, 0.4) is 0 Å². The Hall–Kier alpha value is -3.92. The van der Waals surface area contributed by atoms with Crippen LogP contribution in [0.2, 0.25) is 0 Å². The largest absolute Gasteiger partial charge is 0.519 e. The molecule has 0 saturated heterocycles. The lowest BCUT2D eigenvalue weighted by molar-refractivity contribution is 1.20. The fourth-order valence-corrected chi connectivity index (χ4v) is 6.36. The van der Waals surface area contributed by atoms with Crippen LogP contribution in [0.4, 0.5) is 22.7 Å². The molecule has 5 aromatic carbocycles. The van der Waals surface area contributed by atoms with Crippen molar-refractivity contribution in [1.82, 2.24) is 4.48 Å². The summed E-state index contributed by atoms with van der Waals surface area (Å²) in [7, 11) is 0.100. The van der Waals surface area contributed by atoms with Crippen molar-refractivity contribution < 1.29 is 0 Å². The molecule has 0 bridgehead atoms. The zero-order valence-electron chi connectivity index (χ0n) is 16.0. The predicted octanol–water partition coefficient (Wildman–Crippen LogP) is 6.55. The Labute approximate surface area is 172 Å². The summed E-state index contributed by atoms with van der Waals surface area (Å²) in [6, 6.07) is 31.6. The van der Waals surface area contributed by atoms with Crippen molar-refractivity contribution in [2.24, 2.45) is 0 Å². The molecule has 9 rings (SSSR count). The third kappa shape index (κ3) is 1.26. The number of hydrogen-bond donors (Lipinski definition) is 0. The highest BCUT2D eigenvalue weighted by atomic mass is 15.4. The van der Waals surface area contributed by atoms with Gasteiger partial charge in [0.2, 0.25) is 0 Å². The van der Waals surface area contributed by atoms with Gasteiger partial charge in [0, 0.05) is 38.6 Å². The number of fused-ring (bicyclic) bond motifs is 5. The highest BCUT2D eigenvalue weighted by Gasteiger charge is 2.50. The summed E-state index contributed by atoms with van der Waals surface area (Å²) in [4.78, 5) is 5.11. The fraction of sp³-hybridized carbons (Fsp3) is 0. The first kappa shape index (κ1) is 14.1. The molecule has 0 spiro atoms. The number of para-hydroxylation sites is 1. The average molecular weight is 379 g/mol. The molecular formula is C26H14BN3. The molecule has 0 N–H and O–H groups in total. The summed E-state index contributed by atoms with van der Waals surface area (Å²) in [6.07, 6.45) is 0. The summed E-state index contributed by atoms with van der Waals surface area (Å²) < 4.78 is 2.59. The summed E-state index contributed by atoms with van der Waals surface area (Å²) in [5, 5.41) is 8.03. The Morgan fingerprint density at radius 3 is 1.80 bits per heavy atom. The maximum Gasteiger partial charge on any atom is 0.519 e. The van der Waals surface area contributed by atoms with Crippen molar-refractivity contribution in [2.45, 2.75) is 0 Å². The van der Waals surface area contributed by atoms with Gasteiger partial charge in [-0.25, -0.2) is 0 Å². The van der Waals surface area contributed by atoms with E-state index in [0.29, 0.717) is 0 Å². The van der Waals surface area contributed by atoms with Gasteiger partial charge in [-0.2, -0.15) is 0 Å². The van der Waals surface area contributed by atoms with E-state index in [1.54, 1.807) is 0 Å². The number of rotatable bonds is 0. The summed E-state index contributed by atoms with van der Waals surface area (Å²) in [5.41, 5.74) is 7.95. The first-order chi connectivity index (χ1) is 14.9. The molecule has 0 unspecified atom stereocenters. The number of nitrogens with zero attached hydrogens (tertiary/aromatic N) is 3. The SMILES string of the molecule is c1cc2c3c(cccc3c1)N1B3N2c2cccc4ccc5c6cccc1c6n3c5c24. The molecular weight excluding hydrogens is 365 g/mol. The zero-order chi connectivity index (χ0) is 19.1. The molecule has 4 heteroatoms. The Balaban J connectivity index is 1.64. The van der Waals surface area contributed by atoms with Crippen LogP contribution < -0.4 is 9.62 Å². The van der Waals surface area contributed by atoms with Crippen LogP contribution in [0.25, 0.3) is 43.4 Å². The second-order valence-electron chi connectivity index (χ2n) is 8.62. The second kappa shape index (κ2) is 4.31. The van der Waals surface area contributed by atoms with Crippen LogP contribution in [0.1, 0.15) is 0 Å². The molecule has 3 aliphatic rings. The molecule has 0 radical (unpaired) electrons. The van der Waals surface area contributed by atoms with E-state index >= 15 is 0 Å². The Bertz CT molecular complexity index is 1780. The van der Waals surface area contributed by atoms with E-state index in [-0.39, 0.29) is 7.12 Å². The molecule has 3 aliphatic heterocycles. The summed E-state index contributed by atoms with van der Waals surface area (Å²) in [6.45, 7) is 0. The van der Waals surface area contributed by atoms with Gasteiger partial charge in [-0.1, -0.05) is 60.7 Å². The second-order valence-corrected chi connectivity index (χ2v) is 8.62. The van der Waals surface area contributed by atoms with Crippen LogP contribution in [0.15, 0.2) is 84.9 Å². The zero-order valence-corrected chi connectivity index (χ0v) is 16.0. The molecule has 0 fully saturated rings. The standard InChI is InChI=1S/C26H14BN3/c1-5-15-6-2-10-20-23(15)19(9-1)28-21-11-3-7-16-13-14-18-17-8-4-12-22-25(17)30(26(18)24(16)21)27(28)29(20)22/h1-14H. The fourth-order valence-electron chi connectivity index (χ4n) is 6.36. The highest BCUT2D eigenvalue weighted by molar-refractivity contribution is 6.76. The van der Waals surface area contributed by atoms with E-state index in [1.807, 2.05) is 0 Å². The number of anilines is 4. The molecule has 0 saturated carbocycles. The minimum absolute atomic E-state index is 0.100. The molecule has 0 atom stereocenters. The lowest BCUT2D eigenvalue weighted by Gasteiger charge is -2.43. The predicted molar refractivity (Wildman–Crippen MR) is 126 cm³/mol. The molecule has 136 valence electrons. The monoisotopic (exact) mass is 379 g/mol. The molecule has 0 amide bonds. The van der Waals surface area contributed by atoms with Gasteiger partial charge in [0.05, 0.1) is 16.7 Å². The maximum atomic E-state index is 2.59. The number of benzene rings is 5. The van der Waals surface area contributed by atoms with Crippen molar-refractivity contribution in [3.63, 3.8) is 0 Å². The lowest BCUT2D eigenvalue weighted by atomic mass is 9.77. The Morgan fingerprint density at radius 2 is 1.03 bits per heavy atom. The summed E-state index contributed by atoms with van der Waals surface area (Å²) in [5.74, 6) is 0. The van der Waals surface area contributed by atoms with Crippen LogP contribution in [-0.2, 0) is 0 Å².